The fourth-order valence-electron chi connectivity index (χ4n) is 0.769. The largest absolute Gasteiger partial charge is 0.469 e. The van der Waals surface area contributed by atoms with Gasteiger partial charge in [-0.25, -0.2) is 4.57 Å². The summed E-state index contributed by atoms with van der Waals surface area (Å²) in [4.78, 5) is 28.0. The van der Waals surface area contributed by atoms with Gasteiger partial charge in [0.2, 0.25) is 0 Å². The van der Waals surface area contributed by atoms with E-state index in [1.54, 1.807) is 20.8 Å². The van der Waals surface area contributed by atoms with E-state index < -0.39 is 13.2 Å². The smallest absolute Gasteiger partial charge is 0.465 e. The maximum atomic E-state index is 11.3. The average molecular weight is 254 g/mol. The quantitative estimate of drug-likeness (QED) is 0.423. The van der Waals surface area contributed by atoms with Crippen molar-refractivity contribution >= 4 is 13.8 Å². The molecule has 0 atom stereocenters. The van der Waals surface area contributed by atoms with Gasteiger partial charge in [0.1, 0.15) is 0 Å². The Hall–Kier alpha value is -0.420. The number of hydrogen-bond donors (Lipinski definition) is 2. The fraction of sp³-hybridized carbons (Fsp3) is 0.889. The van der Waals surface area contributed by atoms with Crippen LogP contribution in [0.25, 0.3) is 0 Å². The molecule has 0 aromatic carbocycles. The van der Waals surface area contributed by atoms with Gasteiger partial charge in [-0.1, -0.05) is 0 Å². The average Bonchev–Trinajstić information content (AvgIpc) is 2.07. The van der Waals surface area contributed by atoms with E-state index >= 15 is 0 Å². The lowest BCUT2D eigenvalue weighted by Gasteiger charge is -2.16. The number of carbonyl (C=O) groups excluding carboxylic acids is 1. The summed E-state index contributed by atoms with van der Waals surface area (Å²) in [7, 11) is -4.37. The first kappa shape index (κ1) is 15.6. The Morgan fingerprint density at radius 2 is 1.69 bits per heavy atom. The van der Waals surface area contributed by atoms with Gasteiger partial charge < -0.3 is 14.5 Å². The van der Waals surface area contributed by atoms with E-state index in [0.29, 0.717) is 12.8 Å². The fourth-order valence-corrected chi connectivity index (χ4v) is 1.14. The van der Waals surface area contributed by atoms with Gasteiger partial charge in [-0.3, -0.25) is 9.32 Å². The van der Waals surface area contributed by atoms with E-state index in [4.69, 9.17) is 14.5 Å². The number of phosphoric acid groups is 1. The molecule has 0 fully saturated rings. The van der Waals surface area contributed by atoms with E-state index in [9.17, 15) is 9.36 Å². The van der Waals surface area contributed by atoms with Gasteiger partial charge in [0.25, 0.3) is 0 Å². The van der Waals surface area contributed by atoms with E-state index in [1.165, 1.54) is 0 Å². The summed E-state index contributed by atoms with van der Waals surface area (Å²) < 4.78 is 19.5. The van der Waals surface area contributed by atoms with Crippen LogP contribution in [0.5, 0.6) is 0 Å². The Balaban J connectivity index is 3.49. The Labute approximate surface area is 95.2 Å². The molecule has 0 bridgehead atoms. The minimum absolute atomic E-state index is 0.0443. The predicted molar refractivity (Wildman–Crippen MR) is 57.6 cm³/mol. The molecule has 0 aliphatic carbocycles. The Morgan fingerprint density at radius 3 is 2.12 bits per heavy atom. The van der Waals surface area contributed by atoms with Gasteiger partial charge in [0.05, 0.1) is 18.6 Å². The van der Waals surface area contributed by atoms with Crippen LogP contribution in [0.2, 0.25) is 0 Å². The summed E-state index contributed by atoms with van der Waals surface area (Å²) in [6, 6.07) is 0. The van der Waals surface area contributed by atoms with Gasteiger partial charge in [0.15, 0.2) is 0 Å². The number of carbonyl (C=O) groups is 1. The highest BCUT2D eigenvalue weighted by Gasteiger charge is 2.22. The molecule has 0 aromatic rings. The summed E-state index contributed by atoms with van der Waals surface area (Å²) in [5.74, 6) is -0.289. The second-order valence-electron chi connectivity index (χ2n) is 4.42. The van der Waals surface area contributed by atoms with Crippen molar-refractivity contribution < 1.29 is 28.4 Å². The third kappa shape index (κ3) is 8.85. The van der Waals surface area contributed by atoms with Crippen molar-refractivity contribution in [1.82, 2.24) is 0 Å². The summed E-state index contributed by atoms with van der Waals surface area (Å²) in [6.07, 6.45) is 0.949. The van der Waals surface area contributed by atoms with Gasteiger partial charge in [-0.05, 0) is 33.6 Å². The summed E-state index contributed by atoms with van der Waals surface area (Å²) >= 11 is 0. The topological polar surface area (TPSA) is 93.1 Å². The number of ether oxygens (including phenoxy) is 1. The van der Waals surface area contributed by atoms with Crippen molar-refractivity contribution in [2.75, 3.05) is 13.2 Å². The molecule has 2 N–H and O–H groups in total. The molecule has 16 heavy (non-hydrogen) atoms. The zero-order valence-electron chi connectivity index (χ0n) is 9.80. The molecule has 0 aliphatic rings. The molecule has 0 saturated carbocycles. The zero-order chi connectivity index (χ0) is 12.8. The van der Waals surface area contributed by atoms with Crippen LogP contribution in [0.1, 0.15) is 33.6 Å². The molecular weight excluding hydrogens is 235 g/mol. The third-order valence-electron chi connectivity index (χ3n) is 1.64. The van der Waals surface area contributed by atoms with E-state index in [2.05, 4.69) is 4.52 Å². The number of esters is 1. The first-order valence-corrected chi connectivity index (χ1v) is 6.53. The first-order chi connectivity index (χ1) is 7.13. The SMILES string of the molecule is CC(C)(C)C(=O)OCCCCOP(=O)(O)O. The van der Waals surface area contributed by atoms with Gasteiger partial charge in [0, 0.05) is 0 Å². The van der Waals surface area contributed by atoms with Crippen molar-refractivity contribution in [3.05, 3.63) is 0 Å². The van der Waals surface area contributed by atoms with Crippen molar-refractivity contribution in [3.8, 4) is 0 Å². The lowest BCUT2D eigenvalue weighted by atomic mass is 9.97. The number of rotatable bonds is 6. The lowest BCUT2D eigenvalue weighted by Crippen LogP contribution is -2.23. The summed E-state index contributed by atoms with van der Waals surface area (Å²) in [5.41, 5.74) is -0.525. The molecule has 0 aromatic heterocycles. The molecule has 0 spiro atoms. The third-order valence-corrected chi connectivity index (χ3v) is 2.16. The molecule has 0 radical (unpaired) electrons. The molecule has 0 amide bonds. The minimum Gasteiger partial charge on any atom is -0.465 e. The molecular formula is C9H19O6P. The van der Waals surface area contributed by atoms with E-state index in [-0.39, 0.29) is 19.2 Å². The number of hydrogen-bond acceptors (Lipinski definition) is 4. The summed E-state index contributed by atoms with van der Waals surface area (Å²) in [5, 5.41) is 0. The van der Waals surface area contributed by atoms with Gasteiger partial charge >= 0.3 is 13.8 Å². The van der Waals surface area contributed by atoms with Gasteiger partial charge in [-0.15, -0.1) is 0 Å². The zero-order valence-corrected chi connectivity index (χ0v) is 10.7. The highest BCUT2D eigenvalue weighted by atomic mass is 31.2. The maximum Gasteiger partial charge on any atom is 0.469 e. The minimum atomic E-state index is -4.37. The molecule has 0 aliphatic heterocycles. The molecule has 0 heterocycles. The van der Waals surface area contributed by atoms with Crippen LogP contribution in [-0.2, 0) is 18.6 Å². The van der Waals surface area contributed by atoms with E-state index in [0.717, 1.165) is 0 Å². The molecule has 7 heteroatoms. The van der Waals surface area contributed by atoms with Crippen LogP contribution in [0.3, 0.4) is 0 Å². The molecule has 0 saturated heterocycles. The van der Waals surface area contributed by atoms with Crippen LogP contribution >= 0.6 is 7.82 Å². The van der Waals surface area contributed by atoms with Crippen LogP contribution in [0, 0.1) is 5.41 Å². The standard InChI is InChI=1S/C9H19O6P/c1-9(2,3)8(10)14-6-4-5-7-15-16(11,12)13/h4-7H2,1-3H3,(H2,11,12,13). The highest BCUT2D eigenvalue weighted by Crippen LogP contribution is 2.35. The number of unbranched alkanes of at least 4 members (excludes halogenated alkanes) is 1. The second-order valence-corrected chi connectivity index (χ2v) is 5.66. The predicted octanol–water partition coefficient (Wildman–Crippen LogP) is 1.47. The molecule has 0 unspecified atom stereocenters. The lowest BCUT2D eigenvalue weighted by molar-refractivity contribution is -0.153. The van der Waals surface area contributed by atoms with Crippen molar-refractivity contribution in [2.45, 2.75) is 33.6 Å². The van der Waals surface area contributed by atoms with E-state index in [1.807, 2.05) is 0 Å². The van der Waals surface area contributed by atoms with Crippen LogP contribution in [0.15, 0.2) is 0 Å². The van der Waals surface area contributed by atoms with Crippen molar-refractivity contribution in [3.63, 3.8) is 0 Å². The molecule has 6 nitrogen and oxygen atoms in total. The van der Waals surface area contributed by atoms with Gasteiger partial charge in [-0.2, -0.15) is 0 Å². The highest BCUT2D eigenvalue weighted by molar-refractivity contribution is 7.46. The Kier molecular flexibility index (Phi) is 6.18. The van der Waals surface area contributed by atoms with Crippen LogP contribution in [-0.4, -0.2) is 29.0 Å². The van der Waals surface area contributed by atoms with Crippen LogP contribution in [0.4, 0.5) is 0 Å². The Morgan fingerprint density at radius 1 is 1.19 bits per heavy atom. The maximum absolute atomic E-state index is 11.3. The normalized spacial score (nSPS) is 12.6. The number of phosphoric ester groups is 1. The summed E-state index contributed by atoms with van der Waals surface area (Å²) in [6.45, 7) is 5.46. The second kappa shape index (κ2) is 6.35. The van der Waals surface area contributed by atoms with Crippen molar-refractivity contribution in [1.29, 1.82) is 0 Å². The monoisotopic (exact) mass is 254 g/mol. The Bertz CT molecular complexity index is 264. The molecule has 96 valence electrons. The first-order valence-electron chi connectivity index (χ1n) is 5.00. The molecule has 0 rings (SSSR count). The van der Waals surface area contributed by atoms with Crippen molar-refractivity contribution in [2.24, 2.45) is 5.41 Å². The van der Waals surface area contributed by atoms with Crippen LogP contribution < -0.4 is 0 Å².